The minimum absolute atomic E-state index is 0.0115. The topological polar surface area (TPSA) is 56.8 Å². The molecule has 5 nitrogen and oxygen atoms in total. The van der Waals surface area contributed by atoms with Gasteiger partial charge in [-0.2, -0.15) is 0 Å². The Morgan fingerprint density at radius 1 is 1.05 bits per heavy atom. The van der Waals surface area contributed by atoms with Crippen LogP contribution < -0.4 is 19.5 Å². The number of amides is 1. The Hall–Kier alpha value is -1.91. The molecule has 1 amide bonds. The molecule has 5 heteroatoms. The maximum Gasteiger partial charge on any atom is 0.257 e. The van der Waals surface area contributed by atoms with Gasteiger partial charge in [-0.3, -0.25) is 4.79 Å². The third kappa shape index (κ3) is 5.82. The average molecular weight is 281 g/mol. The highest BCUT2D eigenvalue weighted by molar-refractivity contribution is 5.77. The molecule has 0 bridgehead atoms. The van der Waals surface area contributed by atoms with Crippen LogP contribution in [0.5, 0.6) is 17.2 Å². The number of methoxy groups -OCH3 is 2. The maximum absolute atomic E-state index is 11.6. The minimum Gasteiger partial charge on any atom is -0.496 e. The van der Waals surface area contributed by atoms with Crippen LogP contribution >= 0.6 is 0 Å². The Bertz CT molecular complexity index is 398. The van der Waals surface area contributed by atoms with E-state index in [1.807, 2.05) is 0 Å². The molecule has 1 aromatic rings. The summed E-state index contributed by atoms with van der Waals surface area (Å²) in [5.74, 6) is 1.68. The van der Waals surface area contributed by atoms with Crippen LogP contribution in [0.1, 0.15) is 26.2 Å². The first kappa shape index (κ1) is 16.1. The molecule has 0 unspecified atom stereocenters. The number of hydrogen-bond acceptors (Lipinski definition) is 4. The van der Waals surface area contributed by atoms with Gasteiger partial charge in [-0.05, 0) is 6.42 Å². The van der Waals surface area contributed by atoms with Gasteiger partial charge in [-0.1, -0.05) is 19.8 Å². The number of carbonyl (C=O) groups excluding carboxylic acids is 1. The number of rotatable bonds is 9. The van der Waals surface area contributed by atoms with Crippen LogP contribution in [0, 0.1) is 0 Å². The van der Waals surface area contributed by atoms with Gasteiger partial charge in [0.2, 0.25) is 0 Å². The van der Waals surface area contributed by atoms with Crippen LogP contribution in [-0.2, 0) is 4.79 Å². The molecule has 0 aliphatic rings. The standard InChI is InChI=1S/C15H23NO4/c1-4-5-6-7-16-15(17)11-20-14-9-12(18-2)8-13(10-14)19-3/h8-10H,4-7,11H2,1-3H3,(H,16,17). The first-order valence-electron chi connectivity index (χ1n) is 6.82. The van der Waals surface area contributed by atoms with Crippen LogP contribution in [0.2, 0.25) is 0 Å². The Kier molecular flexibility index (Phi) is 7.32. The van der Waals surface area contributed by atoms with Gasteiger partial charge in [0.1, 0.15) is 17.2 Å². The van der Waals surface area contributed by atoms with E-state index in [1.54, 1.807) is 32.4 Å². The Labute approximate surface area is 120 Å². The zero-order valence-corrected chi connectivity index (χ0v) is 12.4. The zero-order chi connectivity index (χ0) is 14.8. The molecule has 0 aromatic heterocycles. The molecule has 1 rings (SSSR count). The van der Waals surface area contributed by atoms with Gasteiger partial charge in [0.05, 0.1) is 14.2 Å². The molecule has 0 saturated heterocycles. The molecular weight excluding hydrogens is 258 g/mol. The second kappa shape index (κ2) is 9.07. The van der Waals surface area contributed by atoms with Gasteiger partial charge >= 0.3 is 0 Å². The molecule has 1 aromatic carbocycles. The molecule has 0 heterocycles. The smallest absolute Gasteiger partial charge is 0.257 e. The molecule has 1 N–H and O–H groups in total. The highest BCUT2D eigenvalue weighted by Crippen LogP contribution is 2.27. The minimum atomic E-state index is -0.122. The first-order chi connectivity index (χ1) is 9.69. The summed E-state index contributed by atoms with van der Waals surface area (Å²) in [5.41, 5.74) is 0. The van der Waals surface area contributed by atoms with Crippen molar-refractivity contribution in [3.8, 4) is 17.2 Å². The number of unbranched alkanes of at least 4 members (excludes halogenated alkanes) is 2. The number of nitrogens with one attached hydrogen (secondary N) is 1. The fraction of sp³-hybridized carbons (Fsp3) is 0.533. The molecular formula is C15H23NO4. The van der Waals surface area contributed by atoms with Crippen molar-refractivity contribution < 1.29 is 19.0 Å². The van der Waals surface area contributed by atoms with E-state index in [4.69, 9.17) is 14.2 Å². The van der Waals surface area contributed by atoms with E-state index in [0.29, 0.717) is 23.8 Å². The summed E-state index contributed by atoms with van der Waals surface area (Å²) in [6.07, 6.45) is 3.25. The lowest BCUT2D eigenvalue weighted by atomic mass is 10.2. The summed E-state index contributed by atoms with van der Waals surface area (Å²) in [6.45, 7) is 2.81. The summed E-state index contributed by atoms with van der Waals surface area (Å²) in [6, 6.07) is 5.18. The number of hydrogen-bond donors (Lipinski definition) is 1. The van der Waals surface area contributed by atoms with Crippen molar-refractivity contribution in [1.82, 2.24) is 5.32 Å². The second-order valence-corrected chi connectivity index (χ2v) is 4.39. The van der Waals surface area contributed by atoms with Gasteiger partial charge in [0.25, 0.3) is 5.91 Å². The highest BCUT2D eigenvalue weighted by Gasteiger charge is 2.06. The van der Waals surface area contributed by atoms with Crippen LogP contribution in [0.3, 0.4) is 0 Å². The highest BCUT2D eigenvalue weighted by atomic mass is 16.5. The van der Waals surface area contributed by atoms with Crippen molar-refractivity contribution in [1.29, 1.82) is 0 Å². The largest absolute Gasteiger partial charge is 0.496 e. The third-order valence-electron chi connectivity index (χ3n) is 2.80. The van der Waals surface area contributed by atoms with E-state index < -0.39 is 0 Å². The number of carbonyl (C=O) groups is 1. The van der Waals surface area contributed by atoms with E-state index >= 15 is 0 Å². The zero-order valence-electron chi connectivity index (χ0n) is 12.4. The second-order valence-electron chi connectivity index (χ2n) is 4.39. The maximum atomic E-state index is 11.6. The monoisotopic (exact) mass is 281 g/mol. The predicted octanol–water partition coefficient (Wildman–Crippen LogP) is 2.39. The van der Waals surface area contributed by atoms with Gasteiger partial charge in [0, 0.05) is 24.7 Å². The van der Waals surface area contributed by atoms with Crippen molar-refractivity contribution >= 4 is 5.91 Å². The summed E-state index contributed by atoms with van der Waals surface area (Å²) in [7, 11) is 3.14. The Morgan fingerprint density at radius 3 is 2.20 bits per heavy atom. The molecule has 0 saturated carbocycles. The Balaban J connectivity index is 2.42. The fourth-order valence-corrected chi connectivity index (χ4v) is 1.67. The van der Waals surface area contributed by atoms with E-state index in [1.165, 1.54) is 0 Å². The SMILES string of the molecule is CCCCCNC(=O)COc1cc(OC)cc(OC)c1. The average Bonchev–Trinajstić information content (AvgIpc) is 2.49. The summed E-state index contributed by atoms with van der Waals surface area (Å²) < 4.78 is 15.7. The summed E-state index contributed by atoms with van der Waals surface area (Å²) in [5, 5.41) is 2.82. The molecule has 0 aliphatic carbocycles. The molecule has 112 valence electrons. The van der Waals surface area contributed by atoms with Crippen molar-refractivity contribution in [2.45, 2.75) is 26.2 Å². The van der Waals surface area contributed by atoms with Crippen molar-refractivity contribution in [2.75, 3.05) is 27.4 Å². The van der Waals surface area contributed by atoms with Gasteiger partial charge in [-0.25, -0.2) is 0 Å². The molecule has 0 atom stereocenters. The summed E-state index contributed by atoms with van der Waals surface area (Å²) in [4.78, 5) is 11.6. The molecule has 0 aliphatic heterocycles. The molecule has 0 radical (unpaired) electrons. The van der Waals surface area contributed by atoms with Gasteiger partial charge < -0.3 is 19.5 Å². The quantitative estimate of drug-likeness (QED) is 0.706. The van der Waals surface area contributed by atoms with Crippen molar-refractivity contribution in [3.05, 3.63) is 18.2 Å². The van der Waals surface area contributed by atoms with E-state index in [0.717, 1.165) is 19.3 Å². The van der Waals surface area contributed by atoms with E-state index in [9.17, 15) is 4.79 Å². The fourth-order valence-electron chi connectivity index (χ4n) is 1.67. The van der Waals surface area contributed by atoms with E-state index in [2.05, 4.69) is 12.2 Å². The van der Waals surface area contributed by atoms with Crippen LogP contribution in [0.15, 0.2) is 18.2 Å². The van der Waals surface area contributed by atoms with Gasteiger partial charge in [0.15, 0.2) is 6.61 Å². The molecule has 0 fully saturated rings. The number of benzene rings is 1. The van der Waals surface area contributed by atoms with Crippen molar-refractivity contribution in [2.24, 2.45) is 0 Å². The van der Waals surface area contributed by atoms with Crippen LogP contribution in [0.25, 0.3) is 0 Å². The van der Waals surface area contributed by atoms with Gasteiger partial charge in [-0.15, -0.1) is 0 Å². The lowest BCUT2D eigenvalue weighted by Gasteiger charge is -2.10. The Morgan fingerprint density at radius 2 is 1.65 bits per heavy atom. The van der Waals surface area contributed by atoms with Crippen LogP contribution in [-0.4, -0.2) is 33.3 Å². The van der Waals surface area contributed by atoms with Crippen molar-refractivity contribution in [3.63, 3.8) is 0 Å². The summed E-state index contributed by atoms with van der Waals surface area (Å²) >= 11 is 0. The first-order valence-corrected chi connectivity index (χ1v) is 6.82. The third-order valence-corrected chi connectivity index (χ3v) is 2.80. The molecule has 0 spiro atoms. The normalized spacial score (nSPS) is 9.95. The van der Waals surface area contributed by atoms with E-state index in [-0.39, 0.29) is 12.5 Å². The van der Waals surface area contributed by atoms with Crippen LogP contribution in [0.4, 0.5) is 0 Å². The lowest BCUT2D eigenvalue weighted by molar-refractivity contribution is -0.123. The predicted molar refractivity (Wildman–Crippen MR) is 77.6 cm³/mol. The lowest BCUT2D eigenvalue weighted by Crippen LogP contribution is -2.29. The molecule has 20 heavy (non-hydrogen) atoms. The number of ether oxygens (including phenoxy) is 3.